The highest BCUT2D eigenvalue weighted by Crippen LogP contribution is 2.17. The highest BCUT2D eigenvalue weighted by Gasteiger charge is 2.17. The number of halogens is 1. The van der Waals surface area contributed by atoms with Gasteiger partial charge >= 0.3 is 0 Å². The van der Waals surface area contributed by atoms with Crippen LogP contribution in [0.1, 0.15) is 22.3 Å². The van der Waals surface area contributed by atoms with Gasteiger partial charge in [0, 0.05) is 19.2 Å². The molecule has 106 valence electrons. The van der Waals surface area contributed by atoms with Gasteiger partial charge in [-0.2, -0.15) is 0 Å². The van der Waals surface area contributed by atoms with E-state index in [1.54, 1.807) is 11.0 Å². The largest absolute Gasteiger partial charge is 0.457 e. The Morgan fingerprint density at radius 3 is 2.65 bits per heavy atom. The summed E-state index contributed by atoms with van der Waals surface area (Å²) in [6.07, 6.45) is 2.24. The molecule has 0 aliphatic heterocycles. The Hall–Kier alpha value is -1.59. The molecular weight excluding hydrogens is 320 g/mol. The molecular formula is C15H17BrN2O2. The van der Waals surface area contributed by atoms with Gasteiger partial charge in [0.2, 0.25) is 0 Å². The first-order chi connectivity index (χ1) is 9.70. The van der Waals surface area contributed by atoms with Crippen LogP contribution in [0.15, 0.2) is 51.7 Å². The number of carbonyl (C=O) groups excluding carboxylic acids is 1. The van der Waals surface area contributed by atoms with Crippen LogP contribution in [0, 0.1) is 0 Å². The van der Waals surface area contributed by atoms with Crippen LogP contribution in [0.4, 0.5) is 0 Å². The highest BCUT2D eigenvalue weighted by molar-refractivity contribution is 9.10. The lowest BCUT2D eigenvalue weighted by Gasteiger charge is -2.22. The van der Waals surface area contributed by atoms with Gasteiger partial charge in [0.25, 0.3) is 5.91 Å². The number of furan rings is 1. The molecule has 0 atom stereocenters. The van der Waals surface area contributed by atoms with Gasteiger partial charge in [0.05, 0.1) is 5.56 Å². The van der Waals surface area contributed by atoms with Crippen LogP contribution in [0.5, 0.6) is 0 Å². The average Bonchev–Trinajstić information content (AvgIpc) is 2.90. The van der Waals surface area contributed by atoms with Gasteiger partial charge in [0.15, 0.2) is 4.67 Å². The van der Waals surface area contributed by atoms with Crippen LogP contribution < -0.4 is 5.73 Å². The van der Waals surface area contributed by atoms with Gasteiger partial charge in [-0.3, -0.25) is 4.79 Å². The SMILES string of the molecule is NCCCN(Cc1ccccc1)C(=O)c1coc(Br)c1. The smallest absolute Gasteiger partial charge is 0.257 e. The summed E-state index contributed by atoms with van der Waals surface area (Å²) in [5.74, 6) is -0.0447. The Bertz CT molecular complexity index is 554. The molecule has 2 aromatic rings. The molecule has 5 heteroatoms. The first kappa shape index (κ1) is 14.8. The van der Waals surface area contributed by atoms with Crippen LogP contribution in [-0.2, 0) is 6.54 Å². The summed E-state index contributed by atoms with van der Waals surface area (Å²) in [5.41, 5.74) is 7.19. The summed E-state index contributed by atoms with van der Waals surface area (Å²) in [7, 11) is 0. The molecule has 0 bridgehead atoms. The number of amides is 1. The van der Waals surface area contributed by atoms with E-state index in [0.29, 0.717) is 29.9 Å². The van der Waals surface area contributed by atoms with E-state index in [2.05, 4.69) is 15.9 Å². The second kappa shape index (κ2) is 7.26. The minimum Gasteiger partial charge on any atom is -0.457 e. The lowest BCUT2D eigenvalue weighted by atomic mass is 10.2. The quantitative estimate of drug-likeness (QED) is 0.881. The van der Waals surface area contributed by atoms with E-state index < -0.39 is 0 Å². The molecule has 0 saturated heterocycles. The van der Waals surface area contributed by atoms with E-state index in [0.717, 1.165) is 12.0 Å². The molecule has 1 aromatic heterocycles. The fraction of sp³-hybridized carbons (Fsp3) is 0.267. The number of nitrogens with zero attached hydrogens (tertiary/aromatic N) is 1. The van der Waals surface area contributed by atoms with Gasteiger partial charge in [-0.25, -0.2) is 0 Å². The zero-order chi connectivity index (χ0) is 14.4. The maximum Gasteiger partial charge on any atom is 0.257 e. The van der Waals surface area contributed by atoms with E-state index in [1.807, 2.05) is 30.3 Å². The zero-order valence-corrected chi connectivity index (χ0v) is 12.7. The monoisotopic (exact) mass is 336 g/mol. The first-order valence-corrected chi connectivity index (χ1v) is 7.27. The Labute approximate surface area is 126 Å². The second-order valence-corrected chi connectivity index (χ2v) is 5.28. The summed E-state index contributed by atoms with van der Waals surface area (Å²) in [5, 5.41) is 0. The Kier molecular flexibility index (Phi) is 5.38. The molecule has 0 aliphatic rings. The number of benzene rings is 1. The Morgan fingerprint density at radius 1 is 1.30 bits per heavy atom. The third-order valence-electron chi connectivity index (χ3n) is 2.95. The summed E-state index contributed by atoms with van der Waals surface area (Å²) >= 11 is 3.21. The third kappa shape index (κ3) is 3.95. The van der Waals surface area contributed by atoms with Crippen molar-refractivity contribution in [3.8, 4) is 0 Å². The number of nitrogens with two attached hydrogens (primary N) is 1. The maximum atomic E-state index is 12.5. The van der Waals surface area contributed by atoms with Crippen molar-refractivity contribution >= 4 is 21.8 Å². The average molecular weight is 337 g/mol. The number of hydrogen-bond acceptors (Lipinski definition) is 3. The van der Waals surface area contributed by atoms with Crippen LogP contribution in [0.3, 0.4) is 0 Å². The van der Waals surface area contributed by atoms with Crippen molar-refractivity contribution in [2.45, 2.75) is 13.0 Å². The summed E-state index contributed by atoms with van der Waals surface area (Å²) in [6.45, 7) is 1.77. The van der Waals surface area contributed by atoms with Crippen molar-refractivity contribution in [1.82, 2.24) is 4.90 Å². The fourth-order valence-electron chi connectivity index (χ4n) is 1.94. The fourth-order valence-corrected chi connectivity index (χ4v) is 2.28. The van der Waals surface area contributed by atoms with Gasteiger partial charge < -0.3 is 15.1 Å². The molecule has 2 rings (SSSR count). The van der Waals surface area contributed by atoms with Crippen molar-refractivity contribution in [2.75, 3.05) is 13.1 Å². The van der Waals surface area contributed by atoms with Gasteiger partial charge in [-0.1, -0.05) is 30.3 Å². The van der Waals surface area contributed by atoms with Crippen molar-refractivity contribution in [3.63, 3.8) is 0 Å². The lowest BCUT2D eigenvalue weighted by Crippen LogP contribution is -2.32. The zero-order valence-electron chi connectivity index (χ0n) is 11.1. The topological polar surface area (TPSA) is 59.5 Å². The summed E-state index contributed by atoms with van der Waals surface area (Å²) in [6, 6.07) is 11.6. The van der Waals surface area contributed by atoms with Crippen LogP contribution in [-0.4, -0.2) is 23.9 Å². The standard InChI is InChI=1S/C15H17BrN2O2/c16-14-9-13(11-20-14)15(19)18(8-4-7-17)10-12-5-2-1-3-6-12/h1-3,5-6,9,11H,4,7-8,10,17H2. The number of rotatable bonds is 6. The van der Waals surface area contributed by atoms with Crippen LogP contribution in [0.25, 0.3) is 0 Å². The molecule has 4 nitrogen and oxygen atoms in total. The molecule has 2 N–H and O–H groups in total. The number of carbonyl (C=O) groups is 1. The third-order valence-corrected chi connectivity index (χ3v) is 3.37. The molecule has 1 amide bonds. The molecule has 0 saturated carbocycles. The molecule has 0 fully saturated rings. The minimum atomic E-state index is -0.0447. The van der Waals surface area contributed by atoms with Crippen molar-refractivity contribution < 1.29 is 9.21 Å². The molecule has 20 heavy (non-hydrogen) atoms. The first-order valence-electron chi connectivity index (χ1n) is 6.48. The highest BCUT2D eigenvalue weighted by atomic mass is 79.9. The van der Waals surface area contributed by atoms with E-state index in [1.165, 1.54) is 6.26 Å². The van der Waals surface area contributed by atoms with E-state index >= 15 is 0 Å². The molecule has 0 radical (unpaired) electrons. The molecule has 1 heterocycles. The normalized spacial score (nSPS) is 10.5. The summed E-state index contributed by atoms with van der Waals surface area (Å²) in [4.78, 5) is 14.3. The summed E-state index contributed by atoms with van der Waals surface area (Å²) < 4.78 is 5.69. The number of hydrogen-bond donors (Lipinski definition) is 1. The van der Waals surface area contributed by atoms with Gasteiger partial charge in [-0.05, 0) is 34.5 Å². The van der Waals surface area contributed by atoms with Crippen molar-refractivity contribution in [1.29, 1.82) is 0 Å². The second-order valence-electron chi connectivity index (χ2n) is 4.49. The van der Waals surface area contributed by atoms with Gasteiger partial charge in [-0.15, -0.1) is 0 Å². The van der Waals surface area contributed by atoms with Crippen molar-refractivity contribution in [3.05, 3.63) is 58.5 Å². The Morgan fingerprint density at radius 2 is 2.05 bits per heavy atom. The lowest BCUT2D eigenvalue weighted by molar-refractivity contribution is 0.0741. The molecule has 0 unspecified atom stereocenters. The van der Waals surface area contributed by atoms with Gasteiger partial charge in [0.1, 0.15) is 6.26 Å². The van der Waals surface area contributed by atoms with E-state index in [4.69, 9.17) is 10.2 Å². The van der Waals surface area contributed by atoms with E-state index in [-0.39, 0.29) is 5.91 Å². The van der Waals surface area contributed by atoms with Crippen LogP contribution >= 0.6 is 15.9 Å². The van der Waals surface area contributed by atoms with Crippen LogP contribution in [0.2, 0.25) is 0 Å². The minimum absolute atomic E-state index is 0.0447. The maximum absolute atomic E-state index is 12.5. The molecule has 0 spiro atoms. The molecule has 0 aliphatic carbocycles. The predicted molar refractivity (Wildman–Crippen MR) is 81.3 cm³/mol. The van der Waals surface area contributed by atoms with E-state index in [9.17, 15) is 4.79 Å². The molecule has 1 aromatic carbocycles. The Balaban J connectivity index is 2.12. The van der Waals surface area contributed by atoms with Crippen molar-refractivity contribution in [2.24, 2.45) is 5.73 Å². The predicted octanol–water partition coefficient (Wildman–Crippen LogP) is 3.03.